The highest BCUT2D eigenvalue weighted by atomic mass is 32.2. The number of nitrogens with one attached hydrogen (secondary N) is 1. The van der Waals surface area contributed by atoms with Crippen LogP contribution in [0.5, 0.6) is 0 Å². The second-order valence-corrected chi connectivity index (χ2v) is 10.1. The minimum Gasteiger partial charge on any atom is -0.348 e. The first-order chi connectivity index (χ1) is 14.2. The van der Waals surface area contributed by atoms with Crippen LogP contribution in [0.3, 0.4) is 0 Å². The molecular weight excluding hydrogens is 398 g/mol. The Labute approximate surface area is 179 Å². The summed E-state index contributed by atoms with van der Waals surface area (Å²) in [4.78, 5) is 15.0. The van der Waals surface area contributed by atoms with Crippen LogP contribution in [0, 0.1) is 6.92 Å². The SMILES string of the molecule is Cc1cc(C(=O)NCc2ccc(CN3CCCCC3)cc2)ccc1N(C)S(C)(=O)=O. The summed E-state index contributed by atoms with van der Waals surface area (Å²) >= 11 is 0. The van der Waals surface area contributed by atoms with Crippen LogP contribution >= 0.6 is 0 Å². The van der Waals surface area contributed by atoms with Crippen molar-refractivity contribution in [2.45, 2.75) is 39.3 Å². The Kier molecular flexibility index (Phi) is 7.15. The Morgan fingerprint density at radius 1 is 1.03 bits per heavy atom. The van der Waals surface area contributed by atoms with Gasteiger partial charge in [0.15, 0.2) is 0 Å². The van der Waals surface area contributed by atoms with Crippen LogP contribution in [0.1, 0.15) is 46.3 Å². The van der Waals surface area contributed by atoms with Gasteiger partial charge >= 0.3 is 0 Å². The van der Waals surface area contributed by atoms with Crippen molar-refractivity contribution in [1.29, 1.82) is 0 Å². The minimum atomic E-state index is -3.34. The topological polar surface area (TPSA) is 69.7 Å². The van der Waals surface area contributed by atoms with E-state index in [2.05, 4.69) is 34.5 Å². The molecule has 1 saturated heterocycles. The van der Waals surface area contributed by atoms with Crippen molar-refractivity contribution in [1.82, 2.24) is 10.2 Å². The maximum atomic E-state index is 12.5. The molecule has 0 aliphatic carbocycles. The molecule has 1 amide bonds. The predicted molar refractivity (Wildman–Crippen MR) is 121 cm³/mol. The molecule has 162 valence electrons. The normalized spacial score (nSPS) is 15.0. The summed E-state index contributed by atoms with van der Waals surface area (Å²) in [5.41, 5.74) is 4.17. The summed E-state index contributed by atoms with van der Waals surface area (Å²) < 4.78 is 24.7. The molecule has 0 spiro atoms. The number of sulfonamides is 1. The molecule has 1 aliphatic heterocycles. The zero-order valence-corrected chi connectivity index (χ0v) is 18.8. The fraction of sp³-hybridized carbons (Fsp3) is 0.435. The molecule has 0 radical (unpaired) electrons. The van der Waals surface area contributed by atoms with Gasteiger partial charge in [-0.1, -0.05) is 30.7 Å². The van der Waals surface area contributed by atoms with E-state index >= 15 is 0 Å². The number of likely N-dealkylation sites (tertiary alicyclic amines) is 1. The highest BCUT2D eigenvalue weighted by Gasteiger charge is 2.16. The maximum Gasteiger partial charge on any atom is 0.251 e. The van der Waals surface area contributed by atoms with Crippen molar-refractivity contribution >= 4 is 21.6 Å². The lowest BCUT2D eigenvalue weighted by atomic mass is 10.1. The monoisotopic (exact) mass is 429 g/mol. The van der Waals surface area contributed by atoms with E-state index in [1.807, 2.05) is 0 Å². The largest absolute Gasteiger partial charge is 0.348 e. The van der Waals surface area contributed by atoms with E-state index in [1.54, 1.807) is 25.1 Å². The van der Waals surface area contributed by atoms with Crippen LogP contribution in [0.4, 0.5) is 5.69 Å². The molecule has 2 aromatic carbocycles. The van der Waals surface area contributed by atoms with E-state index in [0.717, 1.165) is 23.9 Å². The zero-order chi connectivity index (χ0) is 21.7. The molecule has 3 rings (SSSR count). The Hall–Kier alpha value is -2.38. The third kappa shape index (κ3) is 5.83. The van der Waals surface area contributed by atoms with Gasteiger partial charge < -0.3 is 5.32 Å². The number of rotatable bonds is 7. The van der Waals surface area contributed by atoms with Gasteiger partial charge in [0.2, 0.25) is 10.0 Å². The molecule has 7 heteroatoms. The summed E-state index contributed by atoms with van der Waals surface area (Å²) in [5.74, 6) is -0.177. The van der Waals surface area contributed by atoms with E-state index in [-0.39, 0.29) is 5.91 Å². The lowest BCUT2D eigenvalue weighted by molar-refractivity contribution is 0.0951. The number of benzene rings is 2. The predicted octanol–water partition coefficient (Wildman–Crippen LogP) is 3.31. The smallest absolute Gasteiger partial charge is 0.251 e. The Bertz CT molecular complexity index is 981. The molecule has 1 N–H and O–H groups in total. The number of anilines is 1. The van der Waals surface area contributed by atoms with Crippen LogP contribution in [-0.4, -0.2) is 45.6 Å². The van der Waals surface area contributed by atoms with E-state index in [1.165, 1.54) is 49.3 Å². The standard InChI is InChI=1S/C23H31N3O3S/c1-18-15-21(11-12-22(18)25(2)30(3,28)29)23(27)24-16-19-7-9-20(10-8-19)17-26-13-5-4-6-14-26/h7-12,15H,4-6,13-14,16-17H2,1-3H3,(H,24,27). The first kappa shape index (κ1) is 22.3. The molecular formula is C23H31N3O3S. The van der Waals surface area contributed by atoms with E-state index in [4.69, 9.17) is 0 Å². The van der Waals surface area contributed by atoms with E-state index in [0.29, 0.717) is 17.8 Å². The molecule has 30 heavy (non-hydrogen) atoms. The number of amides is 1. The van der Waals surface area contributed by atoms with Gasteiger partial charge in [-0.05, 0) is 67.7 Å². The van der Waals surface area contributed by atoms with Crippen LogP contribution in [0.2, 0.25) is 0 Å². The molecule has 0 saturated carbocycles. The fourth-order valence-electron chi connectivity index (χ4n) is 3.75. The molecule has 6 nitrogen and oxygen atoms in total. The van der Waals surface area contributed by atoms with Gasteiger partial charge in [-0.15, -0.1) is 0 Å². The summed E-state index contributed by atoms with van der Waals surface area (Å²) in [6.07, 6.45) is 5.07. The van der Waals surface area contributed by atoms with Crippen molar-refractivity contribution in [3.63, 3.8) is 0 Å². The highest BCUT2D eigenvalue weighted by molar-refractivity contribution is 7.92. The molecule has 1 heterocycles. The number of carbonyl (C=O) groups is 1. The number of nitrogens with zero attached hydrogens (tertiary/aromatic N) is 2. The maximum absolute atomic E-state index is 12.5. The van der Waals surface area contributed by atoms with Gasteiger partial charge in [-0.2, -0.15) is 0 Å². The lowest BCUT2D eigenvalue weighted by Crippen LogP contribution is -2.29. The Morgan fingerprint density at radius 2 is 1.67 bits per heavy atom. The number of hydrogen-bond acceptors (Lipinski definition) is 4. The first-order valence-electron chi connectivity index (χ1n) is 10.4. The van der Waals surface area contributed by atoms with Gasteiger partial charge in [0.25, 0.3) is 5.91 Å². The second kappa shape index (κ2) is 9.62. The lowest BCUT2D eigenvalue weighted by Gasteiger charge is -2.26. The quantitative estimate of drug-likeness (QED) is 0.733. The summed E-state index contributed by atoms with van der Waals surface area (Å²) in [6, 6.07) is 13.4. The Morgan fingerprint density at radius 3 is 2.27 bits per heavy atom. The van der Waals surface area contributed by atoms with E-state index in [9.17, 15) is 13.2 Å². The summed E-state index contributed by atoms with van der Waals surface area (Å²) in [5, 5.41) is 2.94. The van der Waals surface area contributed by atoms with Crippen LogP contribution in [0.25, 0.3) is 0 Å². The fourth-order valence-corrected chi connectivity index (χ4v) is 4.31. The average molecular weight is 430 g/mol. The minimum absolute atomic E-state index is 0.177. The van der Waals surface area contributed by atoms with Crippen molar-refractivity contribution < 1.29 is 13.2 Å². The first-order valence-corrected chi connectivity index (χ1v) is 12.2. The van der Waals surface area contributed by atoms with Crippen LogP contribution in [0.15, 0.2) is 42.5 Å². The highest BCUT2D eigenvalue weighted by Crippen LogP contribution is 2.22. The summed E-state index contributed by atoms with van der Waals surface area (Å²) in [7, 11) is -1.83. The van der Waals surface area contributed by atoms with Crippen molar-refractivity contribution in [3.05, 3.63) is 64.7 Å². The van der Waals surface area contributed by atoms with E-state index < -0.39 is 10.0 Å². The molecule has 0 aromatic heterocycles. The van der Waals surface area contributed by atoms with Crippen molar-refractivity contribution in [3.8, 4) is 0 Å². The second-order valence-electron chi connectivity index (χ2n) is 8.07. The number of carbonyl (C=O) groups excluding carboxylic acids is 1. The van der Waals surface area contributed by atoms with Gasteiger partial charge in [0, 0.05) is 25.7 Å². The average Bonchev–Trinajstić information content (AvgIpc) is 2.72. The number of hydrogen-bond donors (Lipinski definition) is 1. The zero-order valence-electron chi connectivity index (χ0n) is 18.0. The van der Waals surface area contributed by atoms with Gasteiger partial charge in [-0.3, -0.25) is 14.0 Å². The molecule has 1 aliphatic rings. The molecule has 1 fully saturated rings. The number of aryl methyl sites for hydroxylation is 1. The van der Waals surface area contributed by atoms with Gasteiger partial charge in [0.1, 0.15) is 0 Å². The number of piperidine rings is 1. The Balaban J connectivity index is 1.56. The summed E-state index contributed by atoms with van der Waals surface area (Å²) in [6.45, 7) is 5.59. The third-order valence-electron chi connectivity index (χ3n) is 5.63. The van der Waals surface area contributed by atoms with Gasteiger partial charge in [-0.25, -0.2) is 8.42 Å². The van der Waals surface area contributed by atoms with Crippen molar-refractivity contribution in [2.75, 3.05) is 30.7 Å². The van der Waals surface area contributed by atoms with Gasteiger partial charge in [0.05, 0.1) is 11.9 Å². The molecule has 2 aromatic rings. The van der Waals surface area contributed by atoms with Crippen molar-refractivity contribution in [2.24, 2.45) is 0 Å². The molecule has 0 unspecified atom stereocenters. The molecule has 0 bridgehead atoms. The third-order valence-corrected chi connectivity index (χ3v) is 6.82. The van der Waals surface area contributed by atoms with Crippen LogP contribution < -0.4 is 9.62 Å². The van der Waals surface area contributed by atoms with Crippen LogP contribution in [-0.2, 0) is 23.1 Å². The molecule has 0 atom stereocenters.